The van der Waals surface area contributed by atoms with Crippen LogP contribution in [0.2, 0.25) is 0 Å². The van der Waals surface area contributed by atoms with Gasteiger partial charge in [0.2, 0.25) is 0 Å². The number of carbonyl (C=O) groups is 1. The van der Waals surface area contributed by atoms with E-state index in [9.17, 15) is 4.79 Å². The molecule has 0 atom stereocenters. The number of fused-ring (bicyclic) bond motifs is 2. The van der Waals surface area contributed by atoms with E-state index >= 15 is 0 Å². The number of hydrogen-bond acceptors (Lipinski definition) is 6. The summed E-state index contributed by atoms with van der Waals surface area (Å²) in [5, 5.41) is 11.2. The van der Waals surface area contributed by atoms with Gasteiger partial charge in [0.25, 0.3) is 5.91 Å². The second kappa shape index (κ2) is 5.99. The summed E-state index contributed by atoms with van der Waals surface area (Å²) in [6.45, 7) is 2.02. The van der Waals surface area contributed by atoms with E-state index in [4.69, 9.17) is 0 Å². The van der Waals surface area contributed by atoms with Gasteiger partial charge in [0.15, 0.2) is 11.5 Å². The van der Waals surface area contributed by atoms with Crippen LogP contribution in [0, 0.1) is 0 Å². The van der Waals surface area contributed by atoms with Crippen molar-refractivity contribution in [3.63, 3.8) is 0 Å². The molecular weight excluding hydrogens is 330 g/mol. The first-order valence-corrected chi connectivity index (χ1v) is 8.68. The predicted molar refractivity (Wildman–Crippen MR) is 97.7 cm³/mol. The smallest absolute Gasteiger partial charge is 0.277 e. The molecule has 2 aliphatic rings. The van der Waals surface area contributed by atoms with Crippen LogP contribution >= 0.6 is 0 Å². The molecule has 0 saturated carbocycles. The van der Waals surface area contributed by atoms with Crippen molar-refractivity contribution in [2.45, 2.75) is 18.9 Å². The summed E-state index contributed by atoms with van der Waals surface area (Å²) in [5.41, 5.74) is 3.88. The standard InChI is InChI=1S/C18H17N7O/c26-18-14-2-1-11(7-12(14)8-21-18)15-9-20-16(17-22-10-23-25(15)17)24-13-3-5-19-6-4-13/h1-2,7-10,13,19H,3-6H2,(H,20,24). The summed E-state index contributed by atoms with van der Waals surface area (Å²) in [7, 11) is 0. The third-order valence-corrected chi connectivity index (χ3v) is 4.88. The van der Waals surface area contributed by atoms with Gasteiger partial charge in [-0.25, -0.2) is 19.5 Å². The zero-order valence-electron chi connectivity index (χ0n) is 14.0. The molecule has 26 heavy (non-hydrogen) atoms. The van der Waals surface area contributed by atoms with Crippen molar-refractivity contribution in [1.29, 1.82) is 0 Å². The predicted octanol–water partition coefficient (Wildman–Crippen LogP) is 1.53. The van der Waals surface area contributed by atoms with Crippen LogP contribution in [-0.2, 0) is 0 Å². The summed E-state index contributed by atoms with van der Waals surface area (Å²) < 4.78 is 1.78. The van der Waals surface area contributed by atoms with E-state index in [1.807, 2.05) is 12.1 Å². The molecule has 2 aromatic heterocycles. The molecule has 0 unspecified atom stereocenters. The van der Waals surface area contributed by atoms with Crippen LogP contribution < -0.4 is 10.6 Å². The van der Waals surface area contributed by atoms with Crippen LogP contribution in [0.3, 0.4) is 0 Å². The largest absolute Gasteiger partial charge is 0.364 e. The second-order valence-corrected chi connectivity index (χ2v) is 6.52. The van der Waals surface area contributed by atoms with E-state index < -0.39 is 0 Å². The van der Waals surface area contributed by atoms with Crippen LogP contribution in [0.15, 0.2) is 35.7 Å². The Hall–Kier alpha value is -3.13. The van der Waals surface area contributed by atoms with Crippen LogP contribution in [0.1, 0.15) is 28.8 Å². The number of benzene rings is 1. The van der Waals surface area contributed by atoms with Crippen molar-refractivity contribution in [2.24, 2.45) is 4.99 Å². The molecule has 130 valence electrons. The van der Waals surface area contributed by atoms with Crippen molar-refractivity contribution in [3.05, 3.63) is 41.9 Å². The van der Waals surface area contributed by atoms with E-state index in [1.54, 1.807) is 23.0 Å². The van der Waals surface area contributed by atoms with Crippen molar-refractivity contribution < 1.29 is 4.79 Å². The van der Waals surface area contributed by atoms with Crippen molar-refractivity contribution in [2.75, 3.05) is 18.4 Å². The molecule has 0 radical (unpaired) electrons. The molecule has 1 fully saturated rings. The quantitative estimate of drug-likeness (QED) is 0.746. The zero-order valence-corrected chi connectivity index (χ0v) is 14.0. The fourth-order valence-electron chi connectivity index (χ4n) is 3.50. The lowest BCUT2D eigenvalue weighted by molar-refractivity contribution is 0.101. The average Bonchev–Trinajstić information content (AvgIpc) is 3.30. The van der Waals surface area contributed by atoms with Crippen molar-refractivity contribution >= 4 is 23.6 Å². The Morgan fingerprint density at radius 3 is 2.96 bits per heavy atom. The molecule has 1 saturated heterocycles. The minimum Gasteiger partial charge on any atom is -0.364 e. The molecule has 4 heterocycles. The SMILES string of the molecule is O=C1N=Cc2cc(-c3cnc(NC4CCNCC4)c4ncnn34)ccc21. The fourth-order valence-corrected chi connectivity index (χ4v) is 3.50. The number of aliphatic imine (C=N–C) groups is 1. The molecule has 1 amide bonds. The minimum atomic E-state index is -0.197. The Morgan fingerprint density at radius 1 is 1.19 bits per heavy atom. The Morgan fingerprint density at radius 2 is 2.08 bits per heavy atom. The Labute approximate surface area is 149 Å². The van der Waals surface area contributed by atoms with Crippen LogP contribution in [0.25, 0.3) is 16.9 Å². The molecular formula is C18H17N7O. The summed E-state index contributed by atoms with van der Waals surface area (Å²) >= 11 is 0. The van der Waals surface area contributed by atoms with E-state index in [1.165, 1.54) is 6.33 Å². The van der Waals surface area contributed by atoms with Crippen LogP contribution in [-0.4, -0.2) is 50.8 Å². The third kappa shape index (κ3) is 2.46. The van der Waals surface area contributed by atoms with Gasteiger partial charge < -0.3 is 10.6 Å². The van der Waals surface area contributed by atoms with E-state index in [2.05, 4.69) is 30.7 Å². The molecule has 8 nitrogen and oxygen atoms in total. The third-order valence-electron chi connectivity index (χ3n) is 4.88. The average molecular weight is 347 g/mol. The monoisotopic (exact) mass is 347 g/mol. The fraction of sp³-hybridized carbons (Fsp3) is 0.278. The van der Waals surface area contributed by atoms with Gasteiger partial charge in [0.05, 0.1) is 17.5 Å². The lowest BCUT2D eigenvalue weighted by atomic mass is 10.0. The van der Waals surface area contributed by atoms with Gasteiger partial charge >= 0.3 is 0 Å². The molecule has 2 N–H and O–H groups in total. The first-order valence-electron chi connectivity index (χ1n) is 8.68. The lowest BCUT2D eigenvalue weighted by Gasteiger charge is -2.24. The first kappa shape index (κ1) is 15.2. The number of nitrogens with zero attached hydrogens (tertiary/aromatic N) is 5. The van der Waals surface area contributed by atoms with Crippen LogP contribution in [0.4, 0.5) is 5.82 Å². The maximum absolute atomic E-state index is 11.7. The summed E-state index contributed by atoms with van der Waals surface area (Å²) in [6, 6.07) is 6.01. The highest BCUT2D eigenvalue weighted by Gasteiger charge is 2.19. The molecule has 8 heteroatoms. The van der Waals surface area contributed by atoms with E-state index in [-0.39, 0.29) is 5.91 Å². The number of amides is 1. The number of hydrogen-bond donors (Lipinski definition) is 2. The minimum absolute atomic E-state index is 0.197. The van der Waals surface area contributed by atoms with Crippen molar-refractivity contribution in [1.82, 2.24) is 24.9 Å². The van der Waals surface area contributed by atoms with Gasteiger partial charge in [0.1, 0.15) is 6.33 Å². The topological polar surface area (TPSA) is 96.6 Å². The summed E-state index contributed by atoms with van der Waals surface area (Å²) in [4.78, 5) is 24.5. The van der Waals surface area contributed by atoms with Crippen LogP contribution in [0.5, 0.6) is 0 Å². The first-order chi connectivity index (χ1) is 12.8. The maximum Gasteiger partial charge on any atom is 0.277 e. The Kier molecular flexibility index (Phi) is 3.49. The second-order valence-electron chi connectivity index (χ2n) is 6.52. The van der Waals surface area contributed by atoms with Crippen molar-refractivity contribution in [3.8, 4) is 11.3 Å². The number of nitrogens with one attached hydrogen (secondary N) is 2. The number of aromatic nitrogens is 4. The van der Waals surface area contributed by atoms with Gasteiger partial charge in [-0.15, -0.1) is 0 Å². The Balaban J connectivity index is 1.54. The summed E-state index contributed by atoms with van der Waals surface area (Å²) in [5.74, 6) is 0.549. The molecule has 1 aromatic carbocycles. The number of carbonyl (C=O) groups excluding carboxylic acids is 1. The molecule has 2 aliphatic heterocycles. The molecule has 0 bridgehead atoms. The normalized spacial score (nSPS) is 17.0. The highest BCUT2D eigenvalue weighted by atomic mass is 16.1. The molecule has 5 rings (SSSR count). The number of anilines is 1. The summed E-state index contributed by atoms with van der Waals surface area (Å²) in [6.07, 6.45) is 7.04. The van der Waals surface area contributed by atoms with Gasteiger partial charge in [-0.05, 0) is 38.1 Å². The number of rotatable bonds is 3. The maximum atomic E-state index is 11.7. The zero-order chi connectivity index (χ0) is 17.5. The molecule has 0 spiro atoms. The molecule has 0 aliphatic carbocycles. The highest BCUT2D eigenvalue weighted by molar-refractivity contribution is 6.13. The highest BCUT2D eigenvalue weighted by Crippen LogP contribution is 2.26. The lowest BCUT2D eigenvalue weighted by Crippen LogP contribution is -2.35. The van der Waals surface area contributed by atoms with E-state index in [0.29, 0.717) is 17.3 Å². The Bertz CT molecular complexity index is 1030. The van der Waals surface area contributed by atoms with E-state index in [0.717, 1.165) is 48.6 Å². The number of piperidine rings is 1. The van der Waals surface area contributed by atoms with Gasteiger partial charge in [0, 0.05) is 23.4 Å². The van der Waals surface area contributed by atoms with Gasteiger partial charge in [-0.1, -0.05) is 6.07 Å². The van der Waals surface area contributed by atoms with Gasteiger partial charge in [-0.3, -0.25) is 4.79 Å². The molecule has 3 aromatic rings. The van der Waals surface area contributed by atoms with Gasteiger partial charge in [-0.2, -0.15) is 5.10 Å².